The van der Waals surface area contributed by atoms with Crippen LogP contribution in [-0.2, 0) is 0 Å². The number of nitrogens with one attached hydrogen (secondary N) is 2. The molecule has 0 heterocycles. The first-order valence-corrected chi connectivity index (χ1v) is 12.0. The summed E-state index contributed by atoms with van der Waals surface area (Å²) < 4.78 is 11.0. The molecule has 0 aromatic heterocycles. The molecule has 0 saturated heterocycles. The van der Waals surface area contributed by atoms with E-state index in [0.29, 0.717) is 11.3 Å². The van der Waals surface area contributed by atoms with Crippen LogP contribution in [0.2, 0.25) is 0 Å². The third kappa shape index (κ3) is 5.17. The van der Waals surface area contributed by atoms with Crippen LogP contribution in [0.4, 0.5) is 5.69 Å². The molecule has 5 aromatic rings. The number of anilines is 1. The first kappa shape index (κ1) is 24.5. The van der Waals surface area contributed by atoms with Gasteiger partial charge in [-0.2, -0.15) is 10.2 Å². The number of benzene rings is 5. The summed E-state index contributed by atoms with van der Waals surface area (Å²) in [5.41, 5.74) is 8.48. The number of carbonyl (C=O) groups excluding carboxylic acids is 1. The molecule has 7 nitrogen and oxygen atoms in total. The molecule has 5 aromatic carbocycles. The number of amides is 1. The Kier molecular flexibility index (Phi) is 7.27. The van der Waals surface area contributed by atoms with Crippen molar-refractivity contribution in [3.63, 3.8) is 0 Å². The molecule has 7 heteroatoms. The minimum atomic E-state index is -0.323. The Balaban J connectivity index is 1.25. The van der Waals surface area contributed by atoms with Gasteiger partial charge in [-0.05, 0) is 57.9 Å². The van der Waals surface area contributed by atoms with Crippen molar-refractivity contribution in [2.75, 3.05) is 19.6 Å². The Morgan fingerprint density at radius 3 is 1.74 bits per heavy atom. The molecule has 0 aliphatic carbocycles. The molecule has 0 aliphatic heterocycles. The highest BCUT2D eigenvalue weighted by Gasteiger charge is 2.08. The van der Waals surface area contributed by atoms with E-state index in [0.717, 1.165) is 44.1 Å². The Labute approximate surface area is 220 Å². The van der Waals surface area contributed by atoms with E-state index in [9.17, 15) is 4.79 Å². The summed E-state index contributed by atoms with van der Waals surface area (Å²) in [6.45, 7) is 0. The van der Waals surface area contributed by atoms with Gasteiger partial charge in [-0.15, -0.1) is 0 Å². The average Bonchev–Trinajstić information content (AvgIpc) is 2.97. The first-order valence-electron chi connectivity index (χ1n) is 12.0. The van der Waals surface area contributed by atoms with Crippen LogP contribution in [0, 0.1) is 0 Å². The predicted molar refractivity (Wildman–Crippen MR) is 154 cm³/mol. The molecule has 2 N–H and O–H groups in total. The van der Waals surface area contributed by atoms with Crippen LogP contribution in [0.25, 0.3) is 21.5 Å². The Morgan fingerprint density at radius 1 is 0.658 bits per heavy atom. The number of hydrazone groups is 2. The summed E-state index contributed by atoms with van der Waals surface area (Å²) >= 11 is 0. The number of nitrogens with zero attached hydrogens (tertiary/aromatic N) is 2. The van der Waals surface area contributed by atoms with Crippen LogP contribution in [0.15, 0.2) is 107 Å². The normalized spacial score (nSPS) is 11.3. The SMILES string of the molecule is COc1ccc2ccccc2c1/C=N\NC(=O)c1ccc(N/N=C\c2c(OC)ccc3ccccc23)cc1. The zero-order chi connectivity index (χ0) is 26.3. The van der Waals surface area contributed by atoms with Crippen LogP contribution in [0.3, 0.4) is 0 Å². The second-order valence-electron chi connectivity index (χ2n) is 8.45. The van der Waals surface area contributed by atoms with E-state index in [1.54, 1.807) is 50.9 Å². The highest BCUT2D eigenvalue weighted by Crippen LogP contribution is 2.27. The highest BCUT2D eigenvalue weighted by molar-refractivity contribution is 6.04. The zero-order valence-corrected chi connectivity index (χ0v) is 21.0. The molecular weight excluding hydrogens is 476 g/mol. The predicted octanol–water partition coefficient (Wildman–Crippen LogP) is 6.22. The monoisotopic (exact) mass is 502 g/mol. The number of ether oxygens (including phenoxy) is 2. The Hall–Kier alpha value is -5.17. The van der Waals surface area contributed by atoms with Gasteiger partial charge < -0.3 is 9.47 Å². The molecule has 5 rings (SSSR count). The number of rotatable bonds is 8. The van der Waals surface area contributed by atoms with Crippen molar-refractivity contribution in [1.29, 1.82) is 0 Å². The molecule has 0 radical (unpaired) electrons. The van der Waals surface area contributed by atoms with Gasteiger partial charge in [-0.1, -0.05) is 60.7 Å². The number of hydrogen-bond donors (Lipinski definition) is 2. The van der Waals surface area contributed by atoms with Gasteiger partial charge in [-0.3, -0.25) is 10.2 Å². The lowest BCUT2D eigenvalue weighted by molar-refractivity contribution is 0.0955. The Bertz CT molecular complexity index is 1660. The van der Waals surface area contributed by atoms with Gasteiger partial charge in [-0.25, -0.2) is 5.43 Å². The van der Waals surface area contributed by atoms with Gasteiger partial charge in [0.1, 0.15) is 11.5 Å². The summed E-state index contributed by atoms with van der Waals surface area (Å²) in [5.74, 6) is 1.10. The molecule has 38 heavy (non-hydrogen) atoms. The van der Waals surface area contributed by atoms with Gasteiger partial charge >= 0.3 is 0 Å². The fourth-order valence-electron chi connectivity index (χ4n) is 4.26. The van der Waals surface area contributed by atoms with Crippen LogP contribution in [0.1, 0.15) is 21.5 Å². The van der Waals surface area contributed by atoms with E-state index in [1.165, 1.54) is 0 Å². The summed E-state index contributed by atoms with van der Waals surface area (Å²) in [5, 5.41) is 12.7. The lowest BCUT2D eigenvalue weighted by Crippen LogP contribution is -2.17. The van der Waals surface area contributed by atoms with Crippen molar-refractivity contribution in [1.82, 2.24) is 5.43 Å². The maximum Gasteiger partial charge on any atom is 0.271 e. The van der Waals surface area contributed by atoms with Crippen LogP contribution in [-0.4, -0.2) is 32.6 Å². The zero-order valence-electron chi connectivity index (χ0n) is 21.0. The van der Waals surface area contributed by atoms with Gasteiger partial charge in [0.2, 0.25) is 0 Å². The van der Waals surface area contributed by atoms with Crippen molar-refractivity contribution >= 4 is 45.6 Å². The molecule has 0 bridgehead atoms. The van der Waals surface area contributed by atoms with Gasteiger partial charge in [0, 0.05) is 16.7 Å². The van der Waals surface area contributed by atoms with Crippen molar-refractivity contribution in [3.05, 3.63) is 114 Å². The Morgan fingerprint density at radius 2 is 1.18 bits per heavy atom. The lowest BCUT2D eigenvalue weighted by Gasteiger charge is -2.09. The molecule has 0 fully saturated rings. The molecule has 188 valence electrons. The van der Waals surface area contributed by atoms with Crippen LogP contribution >= 0.6 is 0 Å². The quantitative estimate of drug-likeness (QED) is 0.195. The molecule has 1 amide bonds. The van der Waals surface area contributed by atoms with E-state index in [4.69, 9.17) is 9.47 Å². The van der Waals surface area contributed by atoms with Gasteiger partial charge in [0.05, 0.1) is 32.3 Å². The van der Waals surface area contributed by atoms with Crippen molar-refractivity contribution < 1.29 is 14.3 Å². The topological polar surface area (TPSA) is 84.3 Å². The van der Waals surface area contributed by atoms with Crippen molar-refractivity contribution in [2.45, 2.75) is 0 Å². The third-order valence-electron chi connectivity index (χ3n) is 6.20. The van der Waals surface area contributed by atoms with Crippen molar-refractivity contribution in [3.8, 4) is 11.5 Å². The first-order chi connectivity index (χ1) is 18.7. The van der Waals surface area contributed by atoms with E-state index in [-0.39, 0.29) is 5.91 Å². The van der Waals surface area contributed by atoms with E-state index in [1.807, 2.05) is 72.8 Å². The molecule has 0 aliphatic rings. The lowest BCUT2D eigenvalue weighted by atomic mass is 10.0. The standard InChI is InChI=1S/C31H26N4O3/c1-37-29-17-13-21-7-3-5-9-25(21)27(29)19-32-34-24-15-11-23(12-16-24)31(36)35-33-20-28-26-10-6-4-8-22(26)14-18-30(28)38-2/h3-20,34H,1-2H3,(H,35,36)/b32-19-,33-20-. The largest absolute Gasteiger partial charge is 0.496 e. The van der Waals surface area contributed by atoms with E-state index in [2.05, 4.69) is 21.1 Å². The number of carbonyl (C=O) groups is 1. The van der Waals surface area contributed by atoms with E-state index >= 15 is 0 Å². The highest BCUT2D eigenvalue weighted by atomic mass is 16.5. The second-order valence-corrected chi connectivity index (χ2v) is 8.45. The maximum absolute atomic E-state index is 12.6. The minimum Gasteiger partial charge on any atom is -0.496 e. The van der Waals surface area contributed by atoms with Crippen molar-refractivity contribution in [2.24, 2.45) is 10.2 Å². The van der Waals surface area contributed by atoms with Crippen LogP contribution < -0.4 is 20.3 Å². The third-order valence-corrected chi connectivity index (χ3v) is 6.20. The summed E-state index contributed by atoms with van der Waals surface area (Å²) in [6, 6.07) is 30.8. The fourth-order valence-corrected chi connectivity index (χ4v) is 4.26. The number of methoxy groups -OCH3 is 2. The summed E-state index contributed by atoms with van der Waals surface area (Å²) in [7, 11) is 3.25. The molecule has 0 atom stereocenters. The fraction of sp³-hybridized carbons (Fsp3) is 0.0645. The number of fused-ring (bicyclic) bond motifs is 2. The number of hydrogen-bond acceptors (Lipinski definition) is 6. The molecule has 0 unspecified atom stereocenters. The summed E-state index contributed by atoms with van der Waals surface area (Å²) in [6.07, 6.45) is 3.34. The smallest absolute Gasteiger partial charge is 0.271 e. The van der Waals surface area contributed by atoms with Crippen LogP contribution in [0.5, 0.6) is 11.5 Å². The minimum absolute atomic E-state index is 0.323. The maximum atomic E-state index is 12.6. The summed E-state index contributed by atoms with van der Waals surface area (Å²) in [4.78, 5) is 12.6. The van der Waals surface area contributed by atoms with Gasteiger partial charge in [0.15, 0.2) is 0 Å². The molecular formula is C31H26N4O3. The average molecular weight is 503 g/mol. The molecule has 0 spiro atoms. The second kappa shape index (κ2) is 11.3. The van der Waals surface area contributed by atoms with Gasteiger partial charge in [0.25, 0.3) is 5.91 Å². The van der Waals surface area contributed by atoms with E-state index < -0.39 is 0 Å². The molecule has 0 saturated carbocycles.